The number of aryl methyl sites for hydroxylation is 1. The van der Waals surface area contributed by atoms with Crippen molar-refractivity contribution in [3.05, 3.63) is 23.3 Å². The van der Waals surface area contributed by atoms with Crippen molar-refractivity contribution in [1.82, 2.24) is 0 Å². The molecule has 6 nitrogen and oxygen atoms in total. The van der Waals surface area contributed by atoms with Crippen LogP contribution in [0.4, 0.5) is 0 Å². The van der Waals surface area contributed by atoms with Crippen LogP contribution in [-0.4, -0.2) is 62.1 Å². The first-order chi connectivity index (χ1) is 15.3. The molecule has 2 atom stereocenters. The second kappa shape index (κ2) is 11.4. The summed E-state index contributed by atoms with van der Waals surface area (Å²) in [7, 11) is 0. The van der Waals surface area contributed by atoms with Gasteiger partial charge in [0.1, 0.15) is 13.2 Å². The third-order valence-corrected chi connectivity index (χ3v) is 6.28. The second-order valence-corrected chi connectivity index (χ2v) is 11.9. The molecule has 6 heteroatoms. The molecule has 2 rings (SSSR count). The summed E-state index contributed by atoms with van der Waals surface area (Å²) in [5, 5.41) is 18.4. The average Bonchev–Trinajstić information content (AvgIpc) is 2.99. The zero-order valence-corrected chi connectivity index (χ0v) is 22.0. The van der Waals surface area contributed by atoms with Gasteiger partial charge in [0.2, 0.25) is 0 Å². The minimum Gasteiger partial charge on any atom is -0.487 e. The molecule has 1 aromatic rings. The molecule has 2 unspecified atom stereocenters. The Hall–Kier alpha value is -1.34. The van der Waals surface area contributed by atoms with Crippen LogP contribution in [0.3, 0.4) is 0 Å². The fraction of sp³-hybridized carbons (Fsp3) is 0.778. The van der Waals surface area contributed by atoms with Gasteiger partial charge in [-0.3, -0.25) is 0 Å². The zero-order valence-electron chi connectivity index (χ0n) is 22.0. The molecular formula is C27H46O6. The van der Waals surface area contributed by atoms with Crippen molar-refractivity contribution < 1.29 is 29.2 Å². The number of benzene rings is 1. The first kappa shape index (κ1) is 27.9. The van der Waals surface area contributed by atoms with Crippen LogP contribution >= 0.6 is 0 Å². The van der Waals surface area contributed by atoms with Crippen LogP contribution in [-0.2, 0) is 14.9 Å². The predicted octanol–water partition coefficient (Wildman–Crippen LogP) is 4.65. The van der Waals surface area contributed by atoms with Gasteiger partial charge in [-0.1, -0.05) is 54.5 Å². The Labute approximate surface area is 200 Å². The molecule has 1 aliphatic rings. The number of rotatable bonds is 12. The summed E-state index contributed by atoms with van der Waals surface area (Å²) >= 11 is 0. The van der Waals surface area contributed by atoms with Crippen LogP contribution in [0.1, 0.15) is 72.4 Å². The quantitative estimate of drug-likeness (QED) is 0.437. The van der Waals surface area contributed by atoms with Crippen molar-refractivity contribution in [3.8, 4) is 11.5 Å². The van der Waals surface area contributed by atoms with Crippen molar-refractivity contribution in [2.45, 2.75) is 85.9 Å². The van der Waals surface area contributed by atoms with Gasteiger partial charge in [0.15, 0.2) is 11.5 Å². The standard InChI is InChI=1S/C27H46O6/c1-19-13-20(27(7,8)18-25(2,3)4)14-22(24(19)31-12-11-30-10-9-28)32-17-23-26(5,6)15-21(16-29)33-23/h13-14,21,23,28-29H,9-12,15-18H2,1-8H3. The molecule has 0 aliphatic carbocycles. The molecular weight excluding hydrogens is 420 g/mol. The zero-order chi connectivity index (χ0) is 24.9. The smallest absolute Gasteiger partial charge is 0.164 e. The van der Waals surface area contributed by atoms with E-state index in [0.29, 0.717) is 37.9 Å². The van der Waals surface area contributed by atoms with Gasteiger partial charge in [-0.2, -0.15) is 0 Å². The van der Waals surface area contributed by atoms with Crippen LogP contribution in [0, 0.1) is 17.8 Å². The summed E-state index contributed by atoms with van der Waals surface area (Å²) in [6.45, 7) is 19.2. The molecule has 33 heavy (non-hydrogen) atoms. The molecule has 2 N–H and O–H groups in total. The van der Waals surface area contributed by atoms with E-state index in [2.05, 4.69) is 60.6 Å². The second-order valence-electron chi connectivity index (χ2n) is 11.9. The molecule has 0 amide bonds. The van der Waals surface area contributed by atoms with Crippen LogP contribution in [0.5, 0.6) is 11.5 Å². The van der Waals surface area contributed by atoms with E-state index in [1.165, 1.54) is 5.56 Å². The molecule has 0 radical (unpaired) electrons. The van der Waals surface area contributed by atoms with E-state index in [0.717, 1.165) is 18.4 Å². The van der Waals surface area contributed by atoms with Crippen molar-refractivity contribution in [2.24, 2.45) is 10.8 Å². The minimum atomic E-state index is -0.146. The summed E-state index contributed by atoms with van der Waals surface area (Å²) in [5.41, 5.74) is 2.32. The van der Waals surface area contributed by atoms with Crippen LogP contribution in [0.25, 0.3) is 0 Å². The number of hydrogen-bond acceptors (Lipinski definition) is 6. The minimum absolute atomic E-state index is 0.00302. The SMILES string of the molecule is Cc1cc(C(C)(C)CC(C)(C)C)cc(OCC2OC(CO)CC2(C)C)c1OCCOCCO. The normalized spacial score (nSPS) is 20.8. The van der Waals surface area contributed by atoms with Crippen molar-refractivity contribution >= 4 is 0 Å². The van der Waals surface area contributed by atoms with E-state index in [4.69, 9.17) is 24.1 Å². The lowest BCUT2D eigenvalue weighted by molar-refractivity contribution is -0.0268. The Morgan fingerprint density at radius 1 is 1.03 bits per heavy atom. The molecule has 0 spiro atoms. The number of ether oxygens (including phenoxy) is 4. The van der Waals surface area contributed by atoms with E-state index in [1.54, 1.807) is 0 Å². The highest BCUT2D eigenvalue weighted by Gasteiger charge is 2.42. The monoisotopic (exact) mass is 466 g/mol. The first-order valence-corrected chi connectivity index (χ1v) is 12.1. The lowest BCUT2D eigenvalue weighted by Crippen LogP contribution is -2.31. The van der Waals surface area contributed by atoms with Crippen molar-refractivity contribution in [3.63, 3.8) is 0 Å². The van der Waals surface area contributed by atoms with Crippen molar-refractivity contribution in [2.75, 3.05) is 39.6 Å². The van der Waals surface area contributed by atoms with E-state index < -0.39 is 0 Å². The predicted molar refractivity (Wildman–Crippen MR) is 131 cm³/mol. The fourth-order valence-electron chi connectivity index (χ4n) is 4.94. The van der Waals surface area contributed by atoms with Gasteiger partial charge in [0.05, 0.1) is 38.6 Å². The number of aliphatic hydroxyl groups excluding tert-OH is 2. The largest absolute Gasteiger partial charge is 0.487 e. The number of aliphatic hydroxyl groups is 2. The van der Waals surface area contributed by atoms with Crippen LogP contribution < -0.4 is 9.47 Å². The topological polar surface area (TPSA) is 77.4 Å². The van der Waals surface area contributed by atoms with E-state index in [-0.39, 0.29) is 41.7 Å². The van der Waals surface area contributed by atoms with E-state index >= 15 is 0 Å². The molecule has 1 aliphatic heterocycles. The van der Waals surface area contributed by atoms with Gasteiger partial charge in [-0.15, -0.1) is 0 Å². The Morgan fingerprint density at radius 3 is 2.30 bits per heavy atom. The molecule has 1 fully saturated rings. The highest BCUT2D eigenvalue weighted by atomic mass is 16.6. The molecule has 0 bridgehead atoms. The Balaban J connectivity index is 2.27. The van der Waals surface area contributed by atoms with Gasteiger partial charge in [0, 0.05) is 0 Å². The highest BCUT2D eigenvalue weighted by Crippen LogP contribution is 2.43. The number of hydrogen-bond donors (Lipinski definition) is 2. The lowest BCUT2D eigenvalue weighted by atomic mass is 9.72. The van der Waals surface area contributed by atoms with Crippen molar-refractivity contribution in [1.29, 1.82) is 0 Å². The van der Waals surface area contributed by atoms with E-state index in [9.17, 15) is 5.11 Å². The summed E-state index contributed by atoms with van der Waals surface area (Å²) in [4.78, 5) is 0. The summed E-state index contributed by atoms with van der Waals surface area (Å²) < 4.78 is 23.8. The molecule has 1 aromatic carbocycles. The Bertz CT molecular complexity index is 750. The summed E-state index contributed by atoms with van der Waals surface area (Å²) in [6.07, 6.45) is 1.58. The first-order valence-electron chi connectivity index (χ1n) is 12.1. The molecule has 1 saturated heterocycles. The third-order valence-electron chi connectivity index (χ3n) is 6.28. The van der Waals surface area contributed by atoms with Gasteiger partial charge in [-0.25, -0.2) is 0 Å². The molecule has 0 saturated carbocycles. The maximum absolute atomic E-state index is 9.55. The third kappa shape index (κ3) is 8.13. The fourth-order valence-corrected chi connectivity index (χ4v) is 4.94. The van der Waals surface area contributed by atoms with Gasteiger partial charge >= 0.3 is 0 Å². The van der Waals surface area contributed by atoms with Crippen LogP contribution in [0.15, 0.2) is 12.1 Å². The summed E-state index contributed by atoms with van der Waals surface area (Å²) in [5.74, 6) is 1.42. The molecule has 0 aromatic heterocycles. The van der Waals surface area contributed by atoms with Crippen LogP contribution in [0.2, 0.25) is 0 Å². The average molecular weight is 467 g/mol. The Morgan fingerprint density at radius 2 is 1.73 bits per heavy atom. The maximum atomic E-state index is 9.55. The molecule has 1 heterocycles. The lowest BCUT2D eigenvalue weighted by Gasteiger charge is -2.34. The summed E-state index contributed by atoms with van der Waals surface area (Å²) in [6, 6.07) is 4.30. The molecule has 190 valence electrons. The van der Waals surface area contributed by atoms with Gasteiger partial charge < -0.3 is 29.2 Å². The van der Waals surface area contributed by atoms with E-state index in [1.807, 2.05) is 6.92 Å². The maximum Gasteiger partial charge on any atom is 0.164 e. The van der Waals surface area contributed by atoms with Gasteiger partial charge in [-0.05, 0) is 53.2 Å². The van der Waals surface area contributed by atoms with Gasteiger partial charge in [0.25, 0.3) is 0 Å². The Kier molecular flexibility index (Phi) is 9.63. The highest BCUT2D eigenvalue weighted by molar-refractivity contribution is 5.50.